The largest absolute Gasteiger partial charge is 0.434 e. The number of thiazole rings is 1. The lowest BCUT2D eigenvalue weighted by Gasteiger charge is -2.10. The Labute approximate surface area is 164 Å². The van der Waals surface area contributed by atoms with Gasteiger partial charge in [0, 0.05) is 43.7 Å². The van der Waals surface area contributed by atoms with Crippen LogP contribution in [0.15, 0.2) is 53.1 Å². The molecular weight excluding hydrogens is 389 g/mol. The van der Waals surface area contributed by atoms with E-state index in [1.54, 1.807) is 17.9 Å². The number of halogens is 3. The fraction of sp³-hybridized carbons (Fsp3) is 0.278. The highest BCUT2D eigenvalue weighted by Gasteiger charge is 2.33. The number of nitrogens with zero attached hydrogens (tertiary/aromatic N) is 4. The van der Waals surface area contributed by atoms with Gasteiger partial charge in [0.1, 0.15) is 0 Å². The Kier molecular flexibility index (Phi) is 6.30. The van der Waals surface area contributed by atoms with Gasteiger partial charge in [0.25, 0.3) is 0 Å². The molecule has 2 N–H and O–H groups in total. The first-order valence-corrected chi connectivity index (χ1v) is 9.39. The Bertz CT molecular complexity index is 917. The number of guanidine groups is 1. The van der Waals surface area contributed by atoms with Crippen molar-refractivity contribution in [2.45, 2.75) is 19.1 Å². The summed E-state index contributed by atoms with van der Waals surface area (Å²) in [6.45, 7) is 0.940. The fourth-order valence-corrected chi connectivity index (χ4v) is 3.23. The molecule has 3 aromatic rings. The molecule has 2 heterocycles. The molecule has 0 saturated heterocycles. The lowest BCUT2D eigenvalue weighted by atomic mass is 10.3. The van der Waals surface area contributed by atoms with Crippen molar-refractivity contribution in [3.05, 3.63) is 64.4 Å². The third kappa shape index (κ3) is 5.32. The topological polar surface area (TPSA) is 67.1 Å². The minimum atomic E-state index is -4.40. The Morgan fingerprint density at radius 1 is 1.21 bits per heavy atom. The van der Waals surface area contributed by atoms with Crippen molar-refractivity contribution in [2.75, 3.05) is 13.6 Å². The number of rotatable bonds is 6. The standard InChI is InChI=1S/C18H19F3N6S/c1-22-17(23-8-7-16-26-15(12-28-16)18(19,20)21)24-9-13-10-25-27(11-13)14-5-3-2-4-6-14/h2-6,10-12H,7-9H2,1H3,(H2,22,23,24). The van der Waals surface area contributed by atoms with Crippen LogP contribution in [0.4, 0.5) is 13.2 Å². The highest BCUT2D eigenvalue weighted by Crippen LogP contribution is 2.29. The summed E-state index contributed by atoms with van der Waals surface area (Å²) in [5, 5.41) is 12.0. The molecule has 0 aliphatic rings. The molecule has 0 aliphatic carbocycles. The summed E-state index contributed by atoms with van der Waals surface area (Å²) in [4.78, 5) is 7.73. The number of nitrogens with one attached hydrogen (secondary N) is 2. The van der Waals surface area contributed by atoms with Gasteiger partial charge in [-0.3, -0.25) is 4.99 Å². The van der Waals surface area contributed by atoms with E-state index in [2.05, 4.69) is 25.7 Å². The maximum Gasteiger partial charge on any atom is 0.434 e. The Hall–Kier alpha value is -2.88. The lowest BCUT2D eigenvalue weighted by molar-refractivity contribution is -0.140. The van der Waals surface area contributed by atoms with Crippen LogP contribution in [0.3, 0.4) is 0 Å². The predicted molar refractivity (Wildman–Crippen MR) is 103 cm³/mol. The lowest BCUT2D eigenvalue weighted by Crippen LogP contribution is -2.37. The van der Waals surface area contributed by atoms with Gasteiger partial charge in [-0.25, -0.2) is 9.67 Å². The summed E-state index contributed by atoms with van der Waals surface area (Å²) < 4.78 is 39.5. The summed E-state index contributed by atoms with van der Waals surface area (Å²) in [6, 6.07) is 9.77. The molecule has 0 bridgehead atoms. The van der Waals surface area contributed by atoms with Crippen molar-refractivity contribution < 1.29 is 13.2 Å². The molecule has 0 atom stereocenters. The number of hydrogen-bond donors (Lipinski definition) is 2. The number of alkyl halides is 3. The average molecular weight is 408 g/mol. The molecule has 0 fully saturated rings. The van der Waals surface area contributed by atoms with Crippen molar-refractivity contribution in [3.63, 3.8) is 0 Å². The molecule has 0 amide bonds. The van der Waals surface area contributed by atoms with Gasteiger partial charge >= 0.3 is 6.18 Å². The van der Waals surface area contributed by atoms with Crippen molar-refractivity contribution in [1.82, 2.24) is 25.4 Å². The summed E-state index contributed by atoms with van der Waals surface area (Å²) in [6.07, 6.45) is -0.331. The molecule has 6 nitrogen and oxygen atoms in total. The second-order valence-corrected chi connectivity index (χ2v) is 6.80. The summed E-state index contributed by atoms with van der Waals surface area (Å²) >= 11 is 1.00. The molecular formula is C18H19F3N6S. The number of hydrogen-bond acceptors (Lipinski definition) is 4. The maximum atomic E-state index is 12.6. The quantitative estimate of drug-likeness (QED) is 0.485. The fourth-order valence-electron chi connectivity index (χ4n) is 2.42. The van der Waals surface area contributed by atoms with Gasteiger partial charge in [0.2, 0.25) is 0 Å². The van der Waals surface area contributed by atoms with Gasteiger partial charge in [-0.05, 0) is 12.1 Å². The predicted octanol–water partition coefficient (Wildman–Crippen LogP) is 3.26. The second kappa shape index (κ2) is 8.87. The van der Waals surface area contributed by atoms with Crippen LogP contribution in [0.5, 0.6) is 0 Å². The van der Waals surface area contributed by atoms with Crippen LogP contribution in [-0.2, 0) is 19.1 Å². The number of aliphatic imine (C=N–C) groups is 1. The molecule has 3 rings (SSSR count). The SMILES string of the molecule is CN=C(NCCc1nc(C(F)(F)F)cs1)NCc1cnn(-c2ccccc2)c1. The van der Waals surface area contributed by atoms with E-state index in [1.807, 2.05) is 36.5 Å². The molecule has 0 radical (unpaired) electrons. The highest BCUT2D eigenvalue weighted by atomic mass is 32.1. The first-order chi connectivity index (χ1) is 13.5. The minimum Gasteiger partial charge on any atom is -0.356 e. The van der Waals surface area contributed by atoms with E-state index in [0.717, 1.165) is 28.0 Å². The van der Waals surface area contributed by atoms with E-state index in [4.69, 9.17) is 0 Å². The van der Waals surface area contributed by atoms with Crippen LogP contribution in [0, 0.1) is 0 Å². The molecule has 1 aromatic carbocycles. The number of aromatic nitrogens is 3. The van der Waals surface area contributed by atoms with E-state index >= 15 is 0 Å². The molecule has 0 saturated carbocycles. The van der Waals surface area contributed by atoms with E-state index in [-0.39, 0.29) is 0 Å². The zero-order valence-electron chi connectivity index (χ0n) is 15.1. The first kappa shape index (κ1) is 19.9. The average Bonchev–Trinajstić information content (AvgIpc) is 3.34. The van der Waals surface area contributed by atoms with Gasteiger partial charge in [0.15, 0.2) is 11.7 Å². The Morgan fingerprint density at radius 2 is 2.00 bits per heavy atom. The van der Waals surface area contributed by atoms with Crippen LogP contribution >= 0.6 is 11.3 Å². The van der Waals surface area contributed by atoms with Crippen molar-refractivity contribution in [2.24, 2.45) is 4.99 Å². The third-order valence-corrected chi connectivity index (χ3v) is 4.72. The van der Waals surface area contributed by atoms with Gasteiger partial charge in [-0.2, -0.15) is 18.3 Å². The van der Waals surface area contributed by atoms with E-state index < -0.39 is 11.9 Å². The van der Waals surface area contributed by atoms with Crippen molar-refractivity contribution in [1.29, 1.82) is 0 Å². The van der Waals surface area contributed by atoms with Crippen LogP contribution in [-0.4, -0.2) is 34.3 Å². The van der Waals surface area contributed by atoms with Crippen molar-refractivity contribution in [3.8, 4) is 5.69 Å². The number of benzene rings is 1. The summed E-state index contributed by atoms with van der Waals surface area (Å²) in [5.74, 6) is 0.556. The van der Waals surface area contributed by atoms with E-state index in [1.165, 1.54) is 0 Å². The molecule has 10 heteroatoms. The van der Waals surface area contributed by atoms with Crippen LogP contribution in [0.1, 0.15) is 16.3 Å². The van der Waals surface area contributed by atoms with Gasteiger partial charge in [0.05, 0.1) is 16.9 Å². The summed E-state index contributed by atoms with van der Waals surface area (Å²) in [5.41, 5.74) is 1.10. The number of para-hydroxylation sites is 1. The monoisotopic (exact) mass is 408 g/mol. The Balaban J connectivity index is 1.46. The molecule has 148 valence electrons. The normalized spacial score (nSPS) is 12.2. The van der Waals surface area contributed by atoms with Crippen LogP contribution < -0.4 is 10.6 Å². The van der Waals surface area contributed by atoms with Crippen LogP contribution in [0.2, 0.25) is 0 Å². The molecule has 0 aliphatic heterocycles. The molecule has 2 aromatic heterocycles. The molecule has 28 heavy (non-hydrogen) atoms. The first-order valence-electron chi connectivity index (χ1n) is 8.51. The minimum absolute atomic E-state index is 0.382. The van der Waals surface area contributed by atoms with Crippen LogP contribution in [0.25, 0.3) is 5.69 Å². The zero-order valence-corrected chi connectivity index (χ0v) is 15.9. The van der Waals surface area contributed by atoms with Gasteiger partial charge in [-0.15, -0.1) is 11.3 Å². The zero-order chi connectivity index (χ0) is 20.0. The van der Waals surface area contributed by atoms with Gasteiger partial charge < -0.3 is 10.6 Å². The van der Waals surface area contributed by atoms with Crippen molar-refractivity contribution >= 4 is 17.3 Å². The third-order valence-electron chi connectivity index (χ3n) is 3.81. The molecule has 0 spiro atoms. The van der Waals surface area contributed by atoms with Gasteiger partial charge in [-0.1, -0.05) is 18.2 Å². The smallest absolute Gasteiger partial charge is 0.356 e. The maximum absolute atomic E-state index is 12.6. The highest BCUT2D eigenvalue weighted by molar-refractivity contribution is 7.09. The molecule has 0 unspecified atom stereocenters. The summed E-state index contributed by atoms with van der Waals surface area (Å²) in [7, 11) is 1.63. The van der Waals surface area contributed by atoms with E-state index in [9.17, 15) is 13.2 Å². The van der Waals surface area contributed by atoms with E-state index in [0.29, 0.717) is 30.5 Å². The Morgan fingerprint density at radius 3 is 2.68 bits per heavy atom. The second-order valence-electron chi connectivity index (χ2n) is 5.86.